The van der Waals surface area contributed by atoms with E-state index in [0.29, 0.717) is 6.61 Å². The van der Waals surface area contributed by atoms with Crippen molar-refractivity contribution in [1.29, 1.82) is 0 Å². The number of pyridine rings is 1. The Morgan fingerprint density at radius 1 is 1.28 bits per heavy atom. The van der Waals surface area contributed by atoms with Gasteiger partial charge in [-0.3, -0.25) is 0 Å². The lowest BCUT2D eigenvalue weighted by atomic mass is 10.1. The molecule has 3 heterocycles. The fourth-order valence-corrected chi connectivity index (χ4v) is 3.68. The van der Waals surface area contributed by atoms with Crippen LogP contribution in [-0.2, 0) is 9.53 Å². The van der Waals surface area contributed by atoms with Gasteiger partial charge in [0.2, 0.25) is 0 Å². The standard InChI is InChI=1S/C19H17N3O2S/c1-2-24-19(23)18-22-16(11-25-18)15-10-21-17-14(15)8-13(9-20-17)12-6-4-3-5-7-12/h3-11,18,22H,2H2,1H3,(H,20,21). The van der Waals surface area contributed by atoms with E-state index < -0.39 is 5.37 Å². The molecule has 2 aromatic heterocycles. The van der Waals surface area contributed by atoms with Crippen LogP contribution in [0.25, 0.3) is 27.9 Å². The first-order valence-electron chi connectivity index (χ1n) is 8.08. The highest BCUT2D eigenvalue weighted by Crippen LogP contribution is 2.33. The lowest BCUT2D eigenvalue weighted by Crippen LogP contribution is -2.30. The maximum atomic E-state index is 11.9. The number of fused-ring (bicyclic) bond motifs is 1. The van der Waals surface area contributed by atoms with E-state index in [2.05, 4.69) is 33.5 Å². The zero-order chi connectivity index (χ0) is 17.2. The number of hydrogen-bond acceptors (Lipinski definition) is 5. The van der Waals surface area contributed by atoms with E-state index in [1.54, 1.807) is 0 Å². The molecule has 4 rings (SSSR count). The van der Waals surface area contributed by atoms with E-state index in [0.717, 1.165) is 33.4 Å². The van der Waals surface area contributed by atoms with Crippen molar-refractivity contribution in [2.24, 2.45) is 0 Å². The van der Waals surface area contributed by atoms with Crippen molar-refractivity contribution in [2.45, 2.75) is 12.3 Å². The summed E-state index contributed by atoms with van der Waals surface area (Å²) in [5, 5.41) is 5.81. The van der Waals surface area contributed by atoms with E-state index in [9.17, 15) is 4.79 Å². The summed E-state index contributed by atoms with van der Waals surface area (Å²) in [5.74, 6) is -0.248. The molecular formula is C19H17N3O2S. The summed E-state index contributed by atoms with van der Waals surface area (Å²) in [4.78, 5) is 19.6. The number of esters is 1. The van der Waals surface area contributed by atoms with Crippen LogP contribution in [0.3, 0.4) is 0 Å². The molecule has 0 spiro atoms. The van der Waals surface area contributed by atoms with Gasteiger partial charge >= 0.3 is 5.97 Å². The van der Waals surface area contributed by atoms with Crippen molar-refractivity contribution < 1.29 is 9.53 Å². The van der Waals surface area contributed by atoms with E-state index in [1.165, 1.54) is 11.8 Å². The largest absolute Gasteiger partial charge is 0.464 e. The molecule has 0 radical (unpaired) electrons. The number of thioether (sulfide) groups is 1. The number of carbonyl (C=O) groups is 1. The summed E-state index contributed by atoms with van der Waals surface area (Å²) in [6.45, 7) is 2.19. The highest BCUT2D eigenvalue weighted by molar-refractivity contribution is 8.03. The number of nitrogens with zero attached hydrogens (tertiary/aromatic N) is 1. The third kappa shape index (κ3) is 3.00. The first-order valence-corrected chi connectivity index (χ1v) is 9.02. The molecule has 126 valence electrons. The fourth-order valence-electron chi connectivity index (χ4n) is 2.83. The Balaban J connectivity index is 1.66. The average Bonchev–Trinajstić information content (AvgIpc) is 3.29. The molecule has 0 saturated carbocycles. The smallest absolute Gasteiger partial charge is 0.339 e. The van der Waals surface area contributed by atoms with Crippen molar-refractivity contribution in [1.82, 2.24) is 15.3 Å². The molecular weight excluding hydrogens is 334 g/mol. The minimum absolute atomic E-state index is 0.248. The molecule has 25 heavy (non-hydrogen) atoms. The van der Waals surface area contributed by atoms with Gasteiger partial charge in [0.25, 0.3) is 0 Å². The number of nitrogens with one attached hydrogen (secondary N) is 2. The first-order chi connectivity index (χ1) is 12.3. The Morgan fingerprint density at radius 2 is 2.12 bits per heavy atom. The van der Waals surface area contributed by atoms with Gasteiger partial charge in [-0.05, 0) is 24.0 Å². The highest BCUT2D eigenvalue weighted by Gasteiger charge is 2.27. The molecule has 2 N–H and O–H groups in total. The molecule has 1 aliphatic rings. The van der Waals surface area contributed by atoms with Crippen LogP contribution in [0.5, 0.6) is 0 Å². The van der Waals surface area contributed by atoms with Crippen LogP contribution in [0.15, 0.2) is 54.2 Å². The number of rotatable bonds is 4. The lowest BCUT2D eigenvalue weighted by molar-refractivity contribution is -0.142. The van der Waals surface area contributed by atoms with E-state index in [1.807, 2.05) is 42.9 Å². The monoisotopic (exact) mass is 351 g/mol. The molecule has 1 atom stereocenters. The van der Waals surface area contributed by atoms with Crippen LogP contribution in [-0.4, -0.2) is 27.9 Å². The second-order valence-electron chi connectivity index (χ2n) is 5.63. The first kappa shape index (κ1) is 15.8. The molecule has 1 aliphatic heterocycles. The molecule has 5 nitrogen and oxygen atoms in total. The maximum absolute atomic E-state index is 11.9. The number of aromatic amines is 1. The Morgan fingerprint density at radius 3 is 2.92 bits per heavy atom. The van der Waals surface area contributed by atoms with Crippen LogP contribution in [0.1, 0.15) is 12.5 Å². The molecule has 3 aromatic rings. The molecule has 0 amide bonds. The molecule has 0 fully saturated rings. The highest BCUT2D eigenvalue weighted by atomic mass is 32.2. The number of aromatic nitrogens is 2. The maximum Gasteiger partial charge on any atom is 0.339 e. The van der Waals surface area contributed by atoms with Crippen LogP contribution in [0.2, 0.25) is 0 Å². The Hall–Kier alpha value is -2.73. The Kier molecular flexibility index (Phi) is 4.19. The average molecular weight is 351 g/mol. The zero-order valence-electron chi connectivity index (χ0n) is 13.7. The van der Waals surface area contributed by atoms with E-state index in [-0.39, 0.29) is 5.97 Å². The van der Waals surface area contributed by atoms with Gasteiger partial charge in [0.15, 0.2) is 5.37 Å². The molecule has 6 heteroatoms. The Bertz CT molecular complexity index is 950. The van der Waals surface area contributed by atoms with Crippen molar-refractivity contribution >= 4 is 34.5 Å². The van der Waals surface area contributed by atoms with Gasteiger partial charge in [-0.2, -0.15) is 0 Å². The summed E-state index contributed by atoms with van der Waals surface area (Å²) < 4.78 is 5.08. The van der Waals surface area contributed by atoms with Crippen molar-refractivity contribution in [3.8, 4) is 11.1 Å². The normalized spacial score (nSPS) is 16.5. The molecule has 0 aliphatic carbocycles. The summed E-state index contributed by atoms with van der Waals surface area (Å²) >= 11 is 1.42. The quantitative estimate of drug-likeness (QED) is 0.701. The lowest BCUT2D eigenvalue weighted by Gasteiger charge is -2.11. The second kappa shape index (κ2) is 6.64. The van der Waals surface area contributed by atoms with Crippen molar-refractivity contribution in [3.63, 3.8) is 0 Å². The fraction of sp³-hybridized carbons (Fsp3) is 0.158. The van der Waals surface area contributed by atoms with Gasteiger partial charge in [-0.25, -0.2) is 9.78 Å². The third-order valence-corrected chi connectivity index (χ3v) is 4.99. The number of hydrogen-bond donors (Lipinski definition) is 2. The van der Waals surface area contributed by atoms with Gasteiger partial charge in [0.1, 0.15) is 5.65 Å². The SMILES string of the molecule is CCOC(=O)C1NC(c2c[nH]c3ncc(-c4ccccc4)cc23)=CS1. The third-order valence-electron chi connectivity index (χ3n) is 4.04. The number of benzene rings is 1. The van der Waals surface area contributed by atoms with Crippen molar-refractivity contribution in [3.05, 3.63) is 59.8 Å². The van der Waals surface area contributed by atoms with Gasteiger partial charge in [-0.1, -0.05) is 42.1 Å². The van der Waals surface area contributed by atoms with Gasteiger partial charge in [0.05, 0.1) is 12.3 Å². The van der Waals surface area contributed by atoms with Crippen LogP contribution in [0.4, 0.5) is 0 Å². The molecule has 1 aromatic carbocycles. The summed E-state index contributed by atoms with van der Waals surface area (Å²) in [6, 6.07) is 12.3. The topological polar surface area (TPSA) is 67.0 Å². The van der Waals surface area contributed by atoms with Gasteiger partial charge in [-0.15, -0.1) is 0 Å². The van der Waals surface area contributed by atoms with Crippen LogP contribution >= 0.6 is 11.8 Å². The van der Waals surface area contributed by atoms with Crippen molar-refractivity contribution in [2.75, 3.05) is 6.61 Å². The number of carbonyl (C=O) groups excluding carboxylic acids is 1. The second-order valence-corrected chi connectivity index (χ2v) is 6.61. The minimum atomic E-state index is -0.398. The minimum Gasteiger partial charge on any atom is -0.464 e. The van der Waals surface area contributed by atoms with Gasteiger partial charge in [0, 0.05) is 28.9 Å². The van der Waals surface area contributed by atoms with Crippen LogP contribution in [0, 0.1) is 0 Å². The number of H-pyrrole nitrogens is 1. The Labute approximate surface area is 149 Å². The molecule has 0 bridgehead atoms. The summed E-state index contributed by atoms with van der Waals surface area (Å²) in [6.07, 6.45) is 3.78. The van der Waals surface area contributed by atoms with Gasteiger partial charge < -0.3 is 15.0 Å². The van der Waals surface area contributed by atoms with E-state index in [4.69, 9.17) is 4.74 Å². The predicted octanol–water partition coefficient (Wildman–Crippen LogP) is 3.75. The summed E-state index contributed by atoms with van der Waals surface area (Å²) in [7, 11) is 0. The summed E-state index contributed by atoms with van der Waals surface area (Å²) in [5.41, 5.74) is 4.90. The molecule has 1 unspecified atom stereocenters. The molecule has 0 saturated heterocycles. The number of ether oxygens (including phenoxy) is 1. The van der Waals surface area contributed by atoms with Crippen LogP contribution < -0.4 is 5.32 Å². The predicted molar refractivity (Wildman–Crippen MR) is 101 cm³/mol. The zero-order valence-corrected chi connectivity index (χ0v) is 14.5. The van der Waals surface area contributed by atoms with E-state index >= 15 is 0 Å².